The monoisotopic (exact) mass is 569 g/mol. The van der Waals surface area contributed by atoms with Gasteiger partial charge in [0.25, 0.3) is 0 Å². The minimum absolute atomic E-state index is 0.0594. The molecule has 10 heteroatoms. The summed E-state index contributed by atoms with van der Waals surface area (Å²) in [7, 11) is -3.56. The van der Waals surface area contributed by atoms with E-state index in [0.29, 0.717) is 27.8 Å². The van der Waals surface area contributed by atoms with Crippen molar-refractivity contribution in [3.8, 4) is 0 Å². The van der Waals surface area contributed by atoms with E-state index in [-0.39, 0.29) is 43.7 Å². The number of nitrogens with one attached hydrogen (secondary N) is 1. The van der Waals surface area contributed by atoms with Crippen LogP contribution in [0.4, 0.5) is 5.69 Å². The summed E-state index contributed by atoms with van der Waals surface area (Å²) in [5.41, 5.74) is 3.13. The van der Waals surface area contributed by atoms with Gasteiger partial charge in [-0.25, -0.2) is 8.42 Å². The second-order valence-electron chi connectivity index (χ2n) is 9.86. The van der Waals surface area contributed by atoms with Gasteiger partial charge >= 0.3 is 0 Å². The molecule has 2 aromatic carbocycles. The third kappa shape index (κ3) is 9.51. The highest BCUT2D eigenvalue weighted by Gasteiger charge is 2.27. The SMILES string of the molecule is Cc1cc(C)cc(N(CCCC(=O)N(Cc2ccc(Cl)cc2Cl)C(C)C(=O)NCC(C)C)S(C)(=O)=O)c1. The summed E-state index contributed by atoms with van der Waals surface area (Å²) in [5.74, 6) is -0.273. The Morgan fingerprint density at radius 3 is 2.16 bits per heavy atom. The Bertz CT molecular complexity index is 1200. The largest absolute Gasteiger partial charge is 0.354 e. The number of hydrogen-bond donors (Lipinski definition) is 1. The zero-order valence-corrected chi connectivity index (χ0v) is 24.7. The number of aryl methyl sites for hydroxylation is 2. The number of carbonyl (C=O) groups is 2. The van der Waals surface area contributed by atoms with Gasteiger partial charge in [0, 0.05) is 36.1 Å². The summed E-state index contributed by atoms with van der Waals surface area (Å²) in [6.07, 6.45) is 1.50. The first kappa shape index (κ1) is 30.9. The number of amides is 2. The molecule has 0 aromatic heterocycles. The smallest absolute Gasteiger partial charge is 0.242 e. The van der Waals surface area contributed by atoms with E-state index in [0.717, 1.165) is 17.4 Å². The number of carbonyl (C=O) groups excluding carboxylic acids is 2. The number of benzene rings is 2. The average Bonchev–Trinajstić information content (AvgIpc) is 2.77. The van der Waals surface area contributed by atoms with Crippen LogP contribution in [0.1, 0.15) is 50.3 Å². The first-order valence-electron chi connectivity index (χ1n) is 12.3. The van der Waals surface area contributed by atoms with Gasteiger partial charge in [0.1, 0.15) is 6.04 Å². The van der Waals surface area contributed by atoms with E-state index in [1.807, 2.05) is 45.9 Å². The topological polar surface area (TPSA) is 86.8 Å². The Labute approximate surface area is 231 Å². The van der Waals surface area contributed by atoms with Crippen LogP contribution in [0.2, 0.25) is 10.0 Å². The van der Waals surface area contributed by atoms with Gasteiger partial charge in [-0.05, 0) is 74.1 Å². The fourth-order valence-electron chi connectivity index (χ4n) is 3.97. The lowest BCUT2D eigenvalue weighted by Gasteiger charge is -2.30. The van der Waals surface area contributed by atoms with Crippen molar-refractivity contribution in [3.05, 3.63) is 63.1 Å². The summed E-state index contributed by atoms with van der Waals surface area (Å²) in [6.45, 7) is 10.2. The molecule has 0 saturated carbocycles. The molecule has 37 heavy (non-hydrogen) atoms. The fourth-order valence-corrected chi connectivity index (χ4v) is 5.38. The number of rotatable bonds is 12. The molecule has 1 N–H and O–H groups in total. The van der Waals surface area contributed by atoms with Crippen LogP contribution in [0.25, 0.3) is 0 Å². The van der Waals surface area contributed by atoms with Crippen LogP contribution in [-0.4, -0.2) is 50.5 Å². The maximum absolute atomic E-state index is 13.4. The van der Waals surface area contributed by atoms with Crippen LogP contribution in [-0.2, 0) is 26.2 Å². The number of sulfonamides is 1. The molecule has 2 amide bonds. The molecular weight excluding hydrogens is 533 g/mol. The molecule has 0 aliphatic carbocycles. The Morgan fingerprint density at radius 2 is 1.62 bits per heavy atom. The fraction of sp³-hybridized carbons (Fsp3) is 0.481. The summed E-state index contributed by atoms with van der Waals surface area (Å²) in [6, 6.07) is 9.86. The standard InChI is InChI=1S/C27H37Cl2N3O4S/c1-18(2)16-30-27(34)21(5)31(17-22-9-10-23(28)15-25(22)29)26(33)8-7-11-32(37(6,35)36)24-13-19(3)12-20(4)14-24/h9-10,12-15,18,21H,7-8,11,16-17H2,1-6H3,(H,30,34). The number of halogens is 2. The summed E-state index contributed by atoms with van der Waals surface area (Å²) >= 11 is 12.4. The van der Waals surface area contributed by atoms with Crippen LogP contribution in [0, 0.1) is 19.8 Å². The number of hydrogen-bond acceptors (Lipinski definition) is 4. The van der Waals surface area contributed by atoms with Crippen molar-refractivity contribution in [2.24, 2.45) is 5.92 Å². The minimum Gasteiger partial charge on any atom is -0.354 e. The molecule has 0 spiro atoms. The van der Waals surface area contributed by atoms with Gasteiger partial charge in [0.15, 0.2) is 0 Å². The van der Waals surface area contributed by atoms with Crippen LogP contribution in [0.15, 0.2) is 36.4 Å². The van der Waals surface area contributed by atoms with Gasteiger partial charge in [0.2, 0.25) is 21.8 Å². The molecule has 2 rings (SSSR count). The minimum atomic E-state index is -3.56. The summed E-state index contributed by atoms with van der Waals surface area (Å²) in [5, 5.41) is 3.75. The predicted octanol–water partition coefficient (Wildman–Crippen LogP) is 5.35. The Morgan fingerprint density at radius 1 is 1.00 bits per heavy atom. The molecule has 2 aromatic rings. The first-order valence-corrected chi connectivity index (χ1v) is 14.9. The van der Waals surface area contributed by atoms with Gasteiger partial charge in [-0.3, -0.25) is 13.9 Å². The van der Waals surface area contributed by atoms with Crippen molar-refractivity contribution in [1.82, 2.24) is 10.2 Å². The van der Waals surface area contributed by atoms with E-state index in [2.05, 4.69) is 5.32 Å². The molecule has 0 aliphatic rings. The van der Waals surface area contributed by atoms with Crippen LogP contribution >= 0.6 is 23.2 Å². The highest BCUT2D eigenvalue weighted by atomic mass is 35.5. The van der Waals surface area contributed by atoms with Gasteiger partial charge in [-0.2, -0.15) is 0 Å². The lowest BCUT2D eigenvalue weighted by atomic mass is 10.1. The van der Waals surface area contributed by atoms with E-state index < -0.39 is 16.1 Å². The molecule has 0 fully saturated rings. The molecule has 0 bridgehead atoms. The second kappa shape index (κ2) is 13.5. The van der Waals surface area contributed by atoms with Gasteiger partial charge in [-0.1, -0.05) is 49.2 Å². The number of nitrogens with zero attached hydrogens (tertiary/aromatic N) is 2. The Balaban J connectivity index is 2.22. The van der Waals surface area contributed by atoms with E-state index >= 15 is 0 Å². The van der Waals surface area contributed by atoms with Crippen molar-refractivity contribution < 1.29 is 18.0 Å². The predicted molar refractivity (Wildman–Crippen MR) is 152 cm³/mol. The van der Waals surface area contributed by atoms with Crippen molar-refractivity contribution >= 4 is 50.7 Å². The van der Waals surface area contributed by atoms with Crippen molar-refractivity contribution in [1.29, 1.82) is 0 Å². The first-order chi connectivity index (χ1) is 17.2. The maximum atomic E-state index is 13.4. The summed E-state index contributed by atoms with van der Waals surface area (Å²) < 4.78 is 26.4. The third-order valence-electron chi connectivity index (χ3n) is 5.85. The van der Waals surface area contributed by atoms with Crippen LogP contribution in [0.5, 0.6) is 0 Å². The maximum Gasteiger partial charge on any atom is 0.242 e. The zero-order valence-electron chi connectivity index (χ0n) is 22.3. The molecular formula is C27H37Cl2N3O4S. The molecule has 204 valence electrons. The Kier molecular flexibility index (Phi) is 11.3. The van der Waals surface area contributed by atoms with Crippen LogP contribution < -0.4 is 9.62 Å². The molecule has 0 aliphatic heterocycles. The average molecular weight is 571 g/mol. The molecule has 1 atom stereocenters. The quantitative estimate of drug-likeness (QED) is 0.373. The zero-order chi connectivity index (χ0) is 27.9. The Hall–Kier alpha value is -2.29. The van der Waals surface area contributed by atoms with Crippen molar-refractivity contribution in [3.63, 3.8) is 0 Å². The normalized spacial score (nSPS) is 12.4. The summed E-state index contributed by atoms with van der Waals surface area (Å²) in [4.78, 5) is 27.7. The van der Waals surface area contributed by atoms with Gasteiger partial charge in [0.05, 0.1) is 11.9 Å². The van der Waals surface area contributed by atoms with Crippen molar-refractivity contribution in [2.45, 2.75) is 60.0 Å². The van der Waals surface area contributed by atoms with E-state index in [1.54, 1.807) is 25.1 Å². The third-order valence-corrected chi connectivity index (χ3v) is 7.64. The highest BCUT2D eigenvalue weighted by Crippen LogP contribution is 2.25. The molecule has 0 heterocycles. The van der Waals surface area contributed by atoms with E-state index in [4.69, 9.17) is 23.2 Å². The second-order valence-corrected chi connectivity index (χ2v) is 12.6. The molecule has 0 saturated heterocycles. The lowest BCUT2D eigenvalue weighted by Crippen LogP contribution is -2.48. The lowest BCUT2D eigenvalue weighted by molar-refractivity contribution is -0.140. The van der Waals surface area contributed by atoms with Gasteiger partial charge < -0.3 is 10.2 Å². The van der Waals surface area contributed by atoms with Crippen LogP contribution in [0.3, 0.4) is 0 Å². The molecule has 1 unspecified atom stereocenters. The van der Waals surface area contributed by atoms with Crippen molar-refractivity contribution in [2.75, 3.05) is 23.7 Å². The van der Waals surface area contributed by atoms with E-state index in [9.17, 15) is 18.0 Å². The van der Waals surface area contributed by atoms with Gasteiger partial charge in [-0.15, -0.1) is 0 Å². The molecule has 7 nitrogen and oxygen atoms in total. The van der Waals surface area contributed by atoms with E-state index in [1.165, 1.54) is 9.21 Å². The highest BCUT2D eigenvalue weighted by molar-refractivity contribution is 7.92. The number of anilines is 1. The molecule has 0 radical (unpaired) electrons.